The Kier molecular flexibility index (Phi) is 3.24. The zero-order valence-corrected chi connectivity index (χ0v) is 13.9. The molecule has 0 bridgehead atoms. The Morgan fingerprint density at radius 1 is 1.32 bits per heavy atom. The topological polar surface area (TPSA) is 95.3 Å². The third-order valence-electron chi connectivity index (χ3n) is 4.60. The highest BCUT2D eigenvalue weighted by atomic mass is 16.2. The van der Waals surface area contributed by atoms with Gasteiger partial charge in [0.2, 0.25) is 5.91 Å². The molecule has 0 saturated heterocycles. The third kappa shape index (κ3) is 2.24. The number of H-pyrrole nitrogens is 1. The number of nitrogens with two attached hydrogens (primary N) is 1. The summed E-state index contributed by atoms with van der Waals surface area (Å²) in [6.45, 7) is 2.28. The molecular weight excluding hydrogens is 318 g/mol. The Morgan fingerprint density at radius 2 is 2.12 bits per heavy atom. The highest BCUT2D eigenvalue weighted by Gasteiger charge is 2.31. The number of rotatable bonds is 2. The number of pyridine rings is 1. The lowest BCUT2D eigenvalue weighted by Gasteiger charge is -2.36. The van der Waals surface area contributed by atoms with Crippen molar-refractivity contribution in [2.75, 3.05) is 16.8 Å². The van der Waals surface area contributed by atoms with Crippen LogP contribution in [0.15, 0.2) is 36.7 Å². The molecule has 0 radical (unpaired) electrons. The first-order chi connectivity index (χ1) is 12.0. The van der Waals surface area contributed by atoms with Crippen molar-refractivity contribution in [2.45, 2.75) is 13.5 Å². The van der Waals surface area contributed by atoms with Crippen molar-refractivity contribution in [1.82, 2.24) is 9.97 Å². The molecule has 0 spiro atoms. The van der Waals surface area contributed by atoms with Gasteiger partial charge in [0.15, 0.2) is 0 Å². The quantitative estimate of drug-likeness (QED) is 0.753. The van der Waals surface area contributed by atoms with Crippen molar-refractivity contribution in [3.63, 3.8) is 0 Å². The van der Waals surface area contributed by atoms with Crippen LogP contribution in [0.3, 0.4) is 0 Å². The predicted molar refractivity (Wildman–Crippen MR) is 95.8 cm³/mol. The predicted octanol–water partition coefficient (Wildman–Crippen LogP) is 2.55. The summed E-state index contributed by atoms with van der Waals surface area (Å²) in [5, 5.41) is 0.913. The highest BCUT2D eigenvalue weighted by molar-refractivity contribution is 6.11. The van der Waals surface area contributed by atoms with Gasteiger partial charge >= 0.3 is 6.03 Å². The summed E-state index contributed by atoms with van der Waals surface area (Å²) < 4.78 is 0. The van der Waals surface area contributed by atoms with Crippen LogP contribution >= 0.6 is 0 Å². The number of nitrogens with one attached hydrogen (secondary N) is 1. The SMILES string of the molecule is Cc1ccc(C(N)=O)cc1N1Cc2cnc3[nH]ccc3c2N(C)C1=O. The minimum absolute atomic E-state index is 0.161. The number of benzene rings is 1. The molecule has 2 aromatic heterocycles. The number of hydrogen-bond acceptors (Lipinski definition) is 3. The zero-order valence-electron chi connectivity index (χ0n) is 13.9. The van der Waals surface area contributed by atoms with Crippen molar-refractivity contribution in [2.24, 2.45) is 5.73 Å². The Morgan fingerprint density at radius 3 is 2.88 bits per heavy atom. The van der Waals surface area contributed by atoms with Crippen molar-refractivity contribution in [3.05, 3.63) is 53.3 Å². The molecule has 25 heavy (non-hydrogen) atoms. The van der Waals surface area contributed by atoms with E-state index in [0.717, 1.165) is 27.8 Å². The van der Waals surface area contributed by atoms with E-state index in [9.17, 15) is 9.59 Å². The number of amides is 3. The van der Waals surface area contributed by atoms with Crippen LogP contribution in [0.1, 0.15) is 21.5 Å². The molecule has 4 rings (SSSR count). The van der Waals surface area contributed by atoms with Gasteiger partial charge in [0, 0.05) is 41.6 Å². The lowest BCUT2D eigenvalue weighted by atomic mass is 10.1. The van der Waals surface area contributed by atoms with Crippen LogP contribution < -0.4 is 15.5 Å². The van der Waals surface area contributed by atoms with Gasteiger partial charge in [-0.15, -0.1) is 0 Å². The second kappa shape index (κ2) is 5.34. The number of anilines is 2. The molecule has 1 aliphatic heterocycles. The fourth-order valence-corrected chi connectivity index (χ4v) is 3.30. The van der Waals surface area contributed by atoms with E-state index in [4.69, 9.17) is 5.73 Å². The van der Waals surface area contributed by atoms with E-state index in [1.165, 1.54) is 0 Å². The van der Waals surface area contributed by atoms with E-state index in [-0.39, 0.29) is 6.03 Å². The van der Waals surface area contributed by atoms with Crippen molar-refractivity contribution in [1.29, 1.82) is 0 Å². The largest absolute Gasteiger partial charge is 0.366 e. The van der Waals surface area contributed by atoms with Gasteiger partial charge in [0.25, 0.3) is 0 Å². The lowest BCUT2D eigenvalue weighted by Crippen LogP contribution is -2.45. The first-order valence-corrected chi connectivity index (χ1v) is 7.88. The second-order valence-corrected chi connectivity index (χ2v) is 6.17. The van der Waals surface area contributed by atoms with Gasteiger partial charge in [-0.05, 0) is 30.7 Å². The number of carbonyl (C=O) groups excluding carboxylic acids is 2. The maximum atomic E-state index is 13.0. The standard InChI is InChI=1S/C18H17N5O2/c1-10-3-4-11(16(19)24)7-14(10)23-9-12-8-21-17-13(5-6-20-17)15(12)22(2)18(23)25/h3-8H,9H2,1-2H3,(H2,19,24)(H,20,21). The maximum Gasteiger partial charge on any atom is 0.329 e. The van der Waals surface area contributed by atoms with Gasteiger partial charge in [-0.2, -0.15) is 0 Å². The first kappa shape index (κ1) is 15.2. The number of nitrogens with zero attached hydrogens (tertiary/aromatic N) is 3. The average Bonchev–Trinajstić information content (AvgIpc) is 3.06. The third-order valence-corrected chi connectivity index (χ3v) is 4.60. The van der Waals surface area contributed by atoms with Crippen molar-refractivity contribution >= 4 is 34.3 Å². The summed E-state index contributed by atoms with van der Waals surface area (Å²) in [5.74, 6) is -0.518. The molecule has 0 fully saturated rings. The molecule has 126 valence electrons. The lowest BCUT2D eigenvalue weighted by molar-refractivity contribution is 0.1000. The van der Waals surface area contributed by atoms with E-state index in [0.29, 0.717) is 17.8 Å². The monoisotopic (exact) mass is 335 g/mol. The minimum Gasteiger partial charge on any atom is -0.366 e. The van der Waals surface area contributed by atoms with E-state index in [1.54, 1.807) is 41.2 Å². The number of fused-ring (bicyclic) bond motifs is 3. The Hall–Kier alpha value is -3.35. The fourth-order valence-electron chi connectivity index (χ4n) is 3.30. The number of urea groups is 1. The van der Waals surface area contributed by atoms with Gasteiger partial charge in [0.05, 0.1) is 12.2 Å². The van der Waals surface area contributed by atoms with Crippen LogP contribution in [0.4, 0.5) is 16.2 Å². The first-order valence-electron chi connectivity index (χ1n) is 7.88. The van der Waals surface area contributed by atoms with E-state index in [2.05, 4.69) is 9.97 Å². The number of carbonyl (C=O) groups is 2. The summed E-state index contributed by atoms with van der Waals surface area (Å²) in [6.07, 6.45) is 3.58. The molecular formula is C18H17N5O2. The van der Waals surface area contributed by atoms with E-state index in [1.807, 2.05) is 19.2 Å². The van der Waals surface area contributed by atoms with E-state index < -0.39 is 5.91 Å². The van der Waals surface area contributed by atoms with Crippen LogP contribution in [-0.2, 0) is 6.54 Å². The number of primary amides is 1. The Balaban J connectivity index is 1.85. The van der Waals surface area contributed by atoms with Crippen LogP contribution in [0.5, 0.6) is 0 Å². The summed E-state index contributed by atoms with van der Waals surface area (Å²) in [7, 11) is 1.74. The molecule has 3 amide bonds. The number of hydrogen-bond donors (Lipinski definition) is 2. The molecule has 1 aromatic carbocycles. The number of aromatic amines is 1. The van der Waals surface area contributed by atoms with E-state index >= 15 is 0 Å². The minimum atomic E-state index is -0.518. The molecule has 3 N–H and O–H groups in total. The Labute approximate surface area is 144 Å². The number of aromatic nitrogens is 2. The molecule has 0 atom stereocenters. The Bertz CT molecular complexity index is 1020. The second-order valence-electron chi connectivity index (χ2n) is 6.17. The van der Waals surface area contributed by atoms with Gasteiger partial charge in [-0.25, -0.2) is 9.78 Å². The van der Waals surface area contributed by atoms with Gasteiger partial charge in [0.1, 0.15) is 5.65 Å². The van der Waals surface area contributed by atoms with Gasteiger partial charge in [-0.3, -0.25) is 14.6 Å². The average molecular weight is 335 g/mol. The van der Waals surface area contributed by atoms with Crippen LogP contribution in [0.2, 0.25) is 0 Å². The van der Waals surface area contributed by atoms with Crippen LogP contribution in [0, 0.1) is 6.92 Å². The molecule has 1 aliphatic rings. The highest BCUT2D eigenvalue weighted by Crippen LogP contribution is 2.36. The molecule has 7 nitrogen and oxygen atoms in total. The van der Waals surface area contributed by atoms with Gasteiger partial charge in [-0.1, -0.05) is 6.07 Å². The molecule has 3 heterocycles. The van der Waals surface area contributed by atoms with Crippen molar-refractivity contribution < 1.29 is 9.59 Å². The molecule has 0 aliphatic carbocycles. The fraction of sp³-hybridized carbons (Fsp3) is 0.167. The van der Waals surface area contributed by atoms with Crippen molar-refractivity contribution in [3.8, 4) is 0 Å². The van der Waals surface area contributed by atoms with Crippen LogP contribution in [-0.4, -0.2) is 29.0 Å². The summed E-state index contributed by atoms with van der Waals surface area (Å²) in [4.78, 5) is 35.2. The molecule has 0 saturated carbocycles. The normalized spacial score (nSPS) is 14.1. The molecule has 0 unspecified atom stereocenters. The summed E-state index contributed by atoms with van der Waals surface area (Å²) in [5.41, 5.74) is 9.88. The maximum absolute atomic E-state index is 13.0. The zero-order chi connectivity index (χ0) is 17.7. The molecule has 7 heteroatoms. The summed E-state index contributed by atoms with van der Waals surface area (Å²) in [6, 6.07) is 6.88. The molecule has 3 aromatic rings. The summed E-state index contributed by atoms with van der Waals surface area (Å²) >= 11 is 0. The smallest absolute Gasteiger partial charge is 0.329 e. The van der Waals surface area contributed by atoms with Gasteiger partial charge < -0.3 is 10.7 Å². The van der Waals surface area contributed by atoms with Crippen LogP contribution in [0.25, 0.3) is 11.0 Å². The number of aryl methyl sites for hydroxylation is 1.